The van der Waals surface area contributed by atoms with Crippen molar-refractivity contribution in [2.24, 2.45) is 0 Å². The van der Waals surface area contributed by atoms with Gasteiger partial charge >= 0.3 is 0 Å². The van der Waals surface area contributed by atoms with Crippen LogP contribution in [0.15, 0.2) is 0 Å². The average Bonchev–Trinajstić information content (AvgIpc) is 2.85. The first-order valence-electron chi connectivity index (χ1n) is 14.3. The smallest absolute Gasteiger partial charge is 0.244 e. The molecule has 0 aliphatic rings. The van der Waals surface area contributed by atoms with E-state index < -0.39 is 11.1 Å². The first kappa shape index (κ1) is 35.9. The predicted molar refractivity (Wildman–Crippen MR) is 144 cm³/mol. The Kier molecular flexibility index (Phi) is 23.7. The minimum absolute atomic E-state index is 0.230. The molecule has 8 nitrogen and oxygen atoms in total. The third kappa shape index (κ3) is 16.2. The van der Waals surface area contributed by atoms with Crippen molar-refractivity contribution >= 4 is 0 Å². The summed E-state index contributed by atoms with van der Waals surface area (Å²) in [5.74, 6) is 0. The second-order valence-electron chi connectivity index (χ2n) is 10.2. The Hall–Kier alpha value is -1.28. The van der Waals surface area contributed by atoms with Crippen molar-refractivity contribution in [1.29, 1.82) is 0 Å². The summed E-state index contributed by atoms with van der Waals surface area (Å²) in [6, 6.07) is 0. The Balaban J connectivity index is 0. The maximum Gasteiger partial charge on any atom is 0.244 e. The van der Waals surface area contributed by atoms with Gasteiger partial charge in [0.1, 0.15) is 13.2 Å². The number of aliphatic hydroxyl groups is 2. The largest absolute Gasteiger partial charge is 0.389 e. The highest BCUT2D eigenvalue weighted by molar-refractivity contribution is 4.79. The van der Waals surface area contributed by atoms with Gasteiger partial charge in [-0.15, -0.1) is 0 Å². The maximum absolute atomic E-state index is 11.3. The Morgan fingerprint density at radius 1 is 0.486 bits per heavy atom. The van der Waals surface area contributed by atoms with E-state index in [1.165, 1.54) is 25.7 Å². The molecular formula is C27H56N2O6. The molecule has 2 N–H and O–H groups in total. The monoisotopic (exact) mass is 504 g/mol. The van der Waals surface area contributed by atoms with Gasteiger partial charge in [-0.3, -0.25) is 20.2 Å². The standard InChI is InChI=1S/C16H33NO3.C11H23NO3/c1-3-5-7-9-11-13-16(15-18,17(19)20)14-12-10-8-6-4-2;1-3-5-7-9-11(10-13,12(14)15)8-6-4-2/h18H,3-15H2,1-2H3;13H,3-10H2,1-2H3. The topological polar surface area (TPSA) is 127 Å². The van der Waals surface area contributed by atoms with E-state index in [-0.39, 0.29) is 23.1 Å². The van der Waals surface area contributed by atoms with Crippen molar-refractivity contribution < 1.29 is 20.1 Å². The van der Waals surface area contributed by atoms with Gasteiger partial charge < -0.3 is 10.2 Å². The van der Waals surface area contributed by atoms with Gasteiger partial charge in [0, 0.05) is 35.5 Å². The van der Waals surface area contributed by atoms with Crippen molar-refractivity contribution in [1.82, 2.24) is 0 Å². The zero-order valence-electron chi connectivity index (χ0n) is 23.3. The third-order valence-corrected chi connectivity index (χ3v) is 7.10. The Labute approximate surface area is 214 Å². The summed E-state index contributed by atoms with van der Waals surface area (Å²) in [5.41, 5.74) is -2.16. The van der Waals surface area contributed by atoms with Gasteiger partial charge in [-0.05, 0) is 25.7 Å². The molecule has 35 heavy (non-hydrogen) atoms. The van der Waals surface area contributed by atoms with E-state index in [9.17, 15) is 30.4 Å². The molecule has 1 unspecified atom stereocenters. The van der Waals surface area contributed by atoms with Crippen LogP contribution in [-0.4, -0.2) is 44.4 Å². The molecule has 0 heterocycles. The number of rotatable bonds is 23. The summed E-state index contributed by atoms with van der Waals surface area (Å²) in [5, 5.41) is 41.1. The fourth-order valence-corrected chi connectivity index (χ4v) is 4.37. The number of aliphatic hydroxyl groups excluding tert-OH is 2. The van der Waals surface area contributed by atoms with Crippen LogP contribution in [0.2, 0.25) is 0 Å². The van der Waals surface area contributed by atoms with E-state index in [1.807, 2.05) is 6.92 Å². The highest BCUT2D eigenvalue weighted by atomic mass is 16.6. The lowest BCUT2D eigenvalue weighted by molar-refractivity contribution is -0.576. The van der Waals surface area contributed by atoms with Crippen molar-refractivity contribution in [3.8, 4) is 0 Å². The second-order valence-corrected chi connectivity index (χ2v) is 10.2. The van der Waals surface area contributed by atoms with Gasteiger partial charge in [-0.2, -0.15) is 0 Å². The van der Waals surface area contributed by atoms with Gasteiger partial charge in [0.25, 0.3) is 0 Å². The van der Waals surface area contributed by atoms with Gasteiger partial charge in [-0.25, -0.2) is 0 Å². The van der Waals surface area contributed by atoms with Crippen molar-refractivity contribution in [2.75, 3.05) is 13.2 Å². The number of unbranched alkanes of at least 4 members (excludes halogenated alkanes) is 11. The van der Waals surface area contributed by atoms with Crippen LogP contribution in [0.1, 0.15) is 150 Å². The molecule has 0 saturated heterocycles. The molecule has 0 aromatic carbocycles. The molecule has 0 fully saturated rings. The van der Waals surface area contributed by atoms with Crippen LogP contribution in [0.5, 0.6) is 0 Å². The summed E-state index contributed by atoms with van der Waals surface area (Å²) in [4.78, 5) is 21.8. The third-order valence-electron chi connectivity index (χ3n) is 7.10. The highest BCUT2D eigenvalue weighted by Gasteiger charge is 2.41. The Morgan fingerprint density at radius 2 is 0.743 bits per heavy atom. The predicted octanol–water partition coefficient (Wildman–Crippen LogP) is 7.48. The van der Waals surface area contributed by atoms with Crippen LogP contribution in [0.4, 0.5) is 0 Å². The molecule has 8 heteroatoms. The molecule has 0 aromatic rings. The molecule has 0 aliphatic carbocycles. The number of hydrogen-bond donors (Lipinski definition) is 2. The SMILES string of the molecule is CCCCCC(CO)(CCCC)[N+](=O)[O-].CCCCCCCC(CO)(CCCCCCC)[N+](=O)[O-]. The summed E-state index contributed by atoms with van der Waals surface area (Å²) < 4.78 is 0. The van der Waals surface area contributed by atoms with Gasteiger partial charge in [-0.1, -0.05) is 98.3 Å². The summed E-state index contributed by atoms with van der Waals surface area (Å²) in [6.07, 6.45) is 17.5. The molecule has 0 spiro atoms. The molecule has 0 radical (unpaired) electrons. The molecule has 1 atom stereocenters. The molecule has 0 aromatic heterocycles. The van der Waals surface area contributed by atoms with E-state index in [4.69, 9.17) is 0 Å². The Bertz CT molecular complexity index is 504. The van der Waals surface area contributed by atoms with Crippen molar-refractivity contribution in [3.05, 3.63) is 20.2 Å². The van der Waals surface area contributed by atoms with E-state index in [2.05, 4.69) is 20.8 Å². The van der Waals surface area contributed by atoms with Crippen LogP contribution in [-0.2, 0) is 0 Å². The molecule has 0 rings (SSSR count). The molecule has 210 valence electrons. The van der Waals surface area contributed by atoms with Crippen LogP contribution >= 0.6 is 0 Å². The minimum atomic E-state index is -1.08. The summed E-state index contributed by atoms with van der Waals surface area (Å²) in [6.45, 7) is 7.74. The molecule has 0 amide bonds. The normalized spacial score (nSPS) is 13.1. The second kappa shape index (κ2) is 23.1. The minimum Gasteiger partial charge on any atom is -0.389 e. The summed E-state index contributed by atoms with van der Waals surface area (Å²) >= 11 is 0. The zero-order valence-corrected chi connectivity index (χ0v) is 23.3. The fraction of sp³-hybridized carbons (Fsp3) is 1.00. The van der Waals surface area contributed by atoms with E-state index in [0.29, 0.717) is 25.7 Å². The quantitative estimate of drug-likeness (QED) is 0.0843. The van der Waals surface area contributed by atoms with Crippen molar-refractivity contribution in [2.45, 2.75) is 161 Å². The average molecular weight is 505 g/mol. The zero-order chi connectivity index (χ0) is 27.0. The fourth-order valence-electron chi connectivity index (χ4n) is 4.37. The van der Waals surface area contributed by atoms with Crippen LogP contribution in [0, 0.1) is 20.2 Å². The van der Waals surface area contributed by atoms with Gasteiger partial charge in [0.2, 0.25) is 11.1 Å². The lowest BCUT2D eigenvalue weighted by Gasteiger charge is -2.23. The molecular weight excluding hydrogens is 448 g/mol. The molecule has 0 saturated carbocycles. The Morgan fingerprint density at radius 3 is 1.03 bits per heavy atom. The van der Waals surface area contributed by atoms with Crippen LogP contribution in [0.3, 0.4) is 0 Å². The number of nitro groups is 2. The van der Waals surface area contributed by atoms with Crippen LogP contribution in [0.25, 0.3) is 0 Å². The maximum atomic E-state index is 11.3. The van der Waals surface area contributed by atoms with Crippen LogP contribution < -0.4 is 0 Å². The first-order valence-corrected chi connectivity index (χ1v) is 14.3. The first-order chi connectivity index (χ1) is 16.8. The number of hydrogen-bond acceptors (Lipinski definition) is 6. The lowest BCUT2D eigenvalue weighted by atomic mass is 9.87. The van der Waals surface area contributed by atoms with Gasteiger partial charge in [0.05, 0.1) is 0 Å². The lowest BCUT2D eigenvalue weighted by Crippen LogP contribution is -2.42. The molecule has 0 bridgehead atoms. The number of nitrogens with zero attached hydrogens (tertiary/aromatic N) is 2. The molecule has 0 aliphatic heterocycles. The van der Waals surface area contributed by atoms with E-state index >= 15 is 0 Å². The van der Waals surface area contributed by atoms with E-state index in [1.54, 1.807) is 0 Å². The summed E-state index contributed by atoms with van der Waals surface area (Å²) in [7, 11) is 0. The highest BCUT2D eigenvalue weighted by Crippen LogP contribution is 2.27. The van der Waals surface area contributed by atoms with E-state index in [0.717, 1.165) is 70.6 Å². The van der Waals surface area contributed by atoms with Gasteiger partial charge in [0.15, 0.2) is 0 Å². The van der Waals surface area contributed by atoms with Crippen molar-refractivity contribution in [3.63, 3.8) is 0 Å².